The summed E-state index contributed by atoms with van der Waals surface area (Å²) in [4.78, 5) is 0. The van der Waals surface area contributed by atoms with Crippen LogP contribution >= 0.6 is 11.6 Å². The summed E-state index contributed by atoms with van der Waals surface area (Å²) in [6.45, 7) is 6.35. The van der Waals surface area contributed by atoms with E-state index < -0.39 is 0 Å². The zero-order chi connectivity index (χ0) is 12.3. The van der Waals surface area contributed by atoms with Gasteiger partial charge in [0.1, 0.15) is 0 Å². The van der Waals surface area contributed by atoms with Gasteiger partial charge in [0.25, 0.3) is 0 Å². The number of rotatable bonds is 4. The van der Waals surface area contributed by atoms with Gasteiger partial charge in [-0.3, -0.25) is 0 Å². The predicted molar refractivity (Wildman–Crippen MR) is 72.1 cm³/mol. The number of nitrogens with one attached hydrogen (secondary N) is 1. The summed E-state index contributed by atoms with van der Waals surface area (Å²) in [6, 6.07) is 5.94. The molecule has 0 radical (unpaired) electrons. The lowest BCUT2D eigenvalue weighted by atomic mass is 10.2. The molecule has 1 N–H and O–H groups in total. The topological polar surface area (TPSA) is 29.9 Å². The van der Waals surface area contributed by atoms with Crippen molar-refractivity contribution in [1.82, 2.24) is 9.78 Å². The van der Waals surface area contributed by atoms with Gasteiger partial charge in [0.05, 0.1) is 6.20 Å². The largest absolute Gasteiger partial charge is 0.381 e. The fourth-order valence-corrected chi connectivity index (χ4v) is 1.66. The smallest absolute Gasteiger partial charge is 0.0543 e. The number of aromatic nitrogens is 2. The molecular weight excluding hydrogens is 234 g/mol. The molecule has 2 aromatic rings. The van der Waals surface area contributed by atoms with E-state index in [1.807, 2.05) is 37.5 Å². The number of halogens is 1. The van der Waals surface area contributed by atoms with Gasteiger partial charge in [-0.05, 0) is 24.6 Å². The monoisotopic (exact) mass is 247 g/mol. The summed E-state index contributed by atoms with van der Waals surface area (Å²) in [5.41, 5.74) is 3.19. The SMILES string of the molecule is C=Cn1cc(CNc2ccc(C)c(Cl)c2)cn1. The third-order valence-electron chi connectivity index (χ3n) is 2.51. The lowest BCUT2D eigenvalue weighted by Gasteiger charge is -2.06. The van der Waals surface area contributed by atoms with E-state index in [4.69, 9.17) is 11.6 Å². The van der Waals surface area contributed by atoms with Crippen molar-refractivity contribution in [3.63, 3.8) is 0 Å². The van der Waals surface area contributed by atoms with E-state index in [-0.39, 0.29) is 0 Å². The summed E-state index contributed by atoms with van der Waals surface area (Å²) in [5, 5.41) is 8.18. The fraction of sp³-hybridized carbons (Fsp3) is 0.154. The maximum atomic E-state index is 6.05. The molecule has 0 fully saturated rings. The Bertz CT molecular complexity index is 531. The zero-order valence-corrected chi connectivity index (χ0v) is 10.4. The standard InChI is InChI=1S/C13H14ClN3/c1-3-17-9-11(8-16-17)7-15-12-5-4-10(2)13(14)6-12/h3-6,8-9,15H,1,7H2,2H3. The van der Waals surface area contributed by atoms with Gasteiger partial charge in [0.2, 0.25) is 0 Å². The highest BCUT2D eigenvalue weighted by Crippen LogP contribution is 2.20. The van der Waals surface area contributed by atoms with Crippen LogP contribution in [0.3, 0.4) is 0 Å². The molecule has 0 aliphatic rings. The lowest BCUT2D eigenvalue weighted by molar-refractivity contribution is 0.936. The Hall–Kier alpha value is -1.74. The minimum Gasteiger partial charge on any atom is -0.381 e. The maximum absolute atomic E-state index is 6.05. The molecule has 0 atom stereocenters. The molecule has 0 saturated carbocycles. The third-order valence-corrected chi connectivity index (χ3v) is 2.92. The molecular formula is C13H14ClN3. The van der Waals surface area contributed by atoms with E-state index in [0.29, 0.717) is 6.54 Å². The van der Waals surface area contributed by atoms with Crippen molar-refractivity contribution in [2.75, 3.05) is 5.32 Å². The number of anilines is 1. The Morgan fingerprint density at radius 1 is 1.53 bits per heavy atom. The first-order valence-electron chi connectivity index (χ1n) is 5.34. The van der Waals surface area contributed by atoms with Crippen LogP contribution in [0.1, 0.15) is 11.1 Å². The first-order chi connectivity index (χ1) is 8.19. The molecule has 0 bridgehead atoms. The van der Waals surface area contributed by atoms with E-state index in [1.54, 1.807) is 10.9 Å². The Labute approximate surface area is 106 Å². The molecule has 17 heavy (non-hydrogen) atoms. The van der Waals surface area contributed by atoms with Gasteiger partial charge in [-0.2, -0.15) is 5.10 Å². The second kappa shape index (κ2) is 5.06. The minimum atomic E-state index is 0.716. The fourth-order valence-electron chi connectivity index (χ4n) is 1.48. The normalized spacial score (nSPS) is 10.2. The Morgan fingerprint density at radius 2 is 2.35 bits per heavy atom. The maximum Gasteiger partial charge on any atom is 0.0543 e. The van der Waals surface area contributed by atoms with Crippen LogP contribution in [0.5, 0.6) is 0 Å². The number of benzene rings is 1. The second-order valence-corrected chi connectivity index (χ2v) is 4.24. The van der Waals surface area contributed by atoms with E-state index in [1.165, 1.54) is 0 Å². The second-order valence-electron chi connectivity index (χ2n) is 3.83. The van der Waals surface area contributed by atoms with Gasteiger partial charge in [-0.25, -0.2) is 4.68 Å². The number of hydrogen-bond acceptors (Lipinski definition) is 2. The van der Waals surface area contributed by atoms with E-state index in [2.05, 4.69) is 17.0 Å². The summed E-state index contributed by atoms with van der Waals surface area (Å²) >= 11 is 6.05. The first-order valence-corrected chi connectivity index (χ1v) is 5.72. The summed E-state index contributed by atoms with van der Waals surface area (Å²) < 4.78 is 1.68. The van der Waals surface area contributed by atoms with E-state index >= 15 is 0 Å². The molecule has 0 unspecified atom stereocenters. The van der Waals surface area contributed by atoms with Crippen LogP contribution in [0, 0.1) is 6.92 Å². The van der Waals surface area contributed by atoms with Gasteiger partial charge in [0, 0.05) is 35.2 Å². The lowest BCUT2D eigenvalue weighted by Crippen LogP contribution is -1.98. The van der Waals surface area contributed by atoms with Crippen LogP contribution in [0.4, 0.5) is 5.69 Å². The molecule has 0 amide bonds. The quantitative estimate of drug-likeness (QED) is 0.895. The number of aryl methyl sites for hydroxylation is 1. The summed E-state index contributed by atoms with van der Waals surface area (Å²) in [6.07, 6.45) is 5.40. The highest BCUT2D eigenvalue weighted by atomic mass is 35.5. The molecule has 1 heterocycles. The van der Waals surface area contributed by atoms with Crippen molar-refractivity contribution >= 4 is 23.5 Å². The van der Waals surface area contributed by atoms with E-state index in [0.717, 1.165) is 21.8 Å². The Balaban J connectivity index is 2.01. The van der Waals surface area contributed by atoms with Crippen LogP contribution < -0.4 is 5.32 Å². The molecule has 0 aliphatic heterocycles. The molecule has 88 valence electrons. The van der Waals surface area contributed by atoms with Gasteiger partial charge < -0.3 is 5.32 Å². The average Bonchev–Trinajstić information content (AvgIpc) is 2.79. The average molecular weight is 248 g/mol. The van der Waals surface area contributed by atoms with Gasteiger partial charge in [-0.15, -0.1) is 0 Å². The molecule has 0 saturated heterocycles. The molecule has 0 aliphatic carbocycles. The van der Waals surface area contributed by atoms with E-state index in [9.17, 15) is 0 Å². The molecule has 3 nitrogen and oxygen atoms in total. The first kappa shape index (κ1) is 11.7. The predicted octanol–water partition coefficient (Wildman–Crippen LogP) is 3.56. The highest BCUT2D eigenvalue weighted by Gasteiger charge is 1.99. The van der Waals surface area contributed by atoms with Gasteiger partial charge in [-0.1, -0.05) is 24.2 Å². The Morgan fingerprint density at radius 3 is 3.00 bits per heavy atom. The van der Waals surface area contributed by atoms with Crippen molar-refractivity contribution in [2.45, 2.75) is 13.5 Å². The molecule has 1 aromatic heterocycles. The van der Waals surface area contributed by atoms with Crippen molar-refractivity contribution in [3.8, 4) is 0 Å². The summed E-state index contributed by atoms with van der Waals surface area (Å²) in [7, 11) is 0. The van der Waals surface area contributed by atoms with Crippen LogP contribution in [0.2, 0.25) is 5.02 Å². The van der Waals surface area contributed by atoms with Crippen LogP contribution in [0.25, 0.3) is 6.20 Å². The molecule has 1 aromatic carbocycles. The van der Waals surface area contributed by atoms with Crippen molar-refractivity contribution in [3.05, 3.63) is 53.3 Å². The van der Waals surface area contributed by atoms with Crippen LogP contribution in [-0.4, -0.2) is 9.78 Å². The number of nitrogens with zero attached hydrogens (tertiary/aromatic N) is 2. The zero-order valence-electron chi connectivity index (χ0n) is 9.65. The molecule has 4 heteroatoms. The highest BCUT2D eigenvalue weighted by molar-refractivity contribution is 6.31. The number of hydrogen-bond donors (Lipinski definition) is 1. The molecule has 0 spiro atoms. The Kier molecular flexibility index (Phi) is 3.49. The van der Waals surface area contributed by atoms with Gasteiger partial charge in [0.15, 0.2) is 0 Å². The third kappa shape index (κ3) is 2.88. The van der Waals surface area contributed by atoms with Gasteiger partial charge >= 0.3 is 0 Å². The minimum absolute atomic E-state index is 0.716. The summed E-state index contributed by atoms with van der Waals surface area (Å²) in [5.74, 6) is 0. The van der Waals surface area contributed by atoms with Crippen molar-refractivity contribution < 1.29 is 0 Å². The van der Waals surface area contributed by atoms with Crippen LogP contribution in [0.15, 0.2) is 37.2 Å². The van der Waals surface area contributed by atoms with Crippen molar-refractivity contribution in [1.29, 1.82) is 0 Å². The van der Waals surface area contributed by atoms with Crippen molar-refractivity contribution in [2.24, 2.45) is 0 Å². The molecule has 2 rings (SSSR count). The van der Waals surface area contributed by atoms with Crippen LogP contribution in [-0.2, 0) is 6.54 Å².